The van der Waals surface area contributed by atoms with Gasteiger partial charge in [-0.3, -0.25) is 9.97 Å². The Balaban J connectivity index is 2.17. The Morgan fingerprint density at radius 3 is 1.85 bits per heavy atom. The van der Waals surface area contributed by atoms with Crippen LogP contribution in [0.25, 0.3) is 0 Å². The zero-order valence-corrected chi connectivity index (χ0v) is 16.0. The first-order valence-electron chi connectivity index (χ1n) is 8.30. The predicted octanol–water partition coefficient (Wildman–Crippen LogP) is 3.61. The van der Waals surface area contributed by atoms with Gasteiger partial charge in [-0.1, -0.05) is 24.3 Å². The Labute approximate surface area is 168 Å². The van der Waals surface area contributed by atoms with Gasteiger partial charge in [0.05, 0.1) is 11.8 Å². The highest BCUT2D eigenvalue weighted by molar-refractivity contribution is 6.19. The van der Waals surface area contributed by atoms with Gasteiger partial charge in [-0.05, 0) is 41.8 Å². The summed E-state index contributed by atoms with van der Waals surface area (Å²) in [6, 6.07) is 12.1. The minimum Gasteiger partial charge on any atom is -0.379 e. The van der Waals surface area contributed by atoms with Crippen LogP contribution in [0, 0.1) is 6.92 Å². The van der Waals surface area contributed by atoms with Crippen molar-refractivity contribution < 1.29 is 10.2 Å². The Bertz CT molecular complexity index is 909. The first-order chi connectivity index (χ1) is 13.0. The van der Waals surface area contributed by atoms with E-state index in [0.717, 1.165) is 0 Å². The smallest absolute Gasteiger partial charge is 0.130 e. The van der Waals surface area contributed by atoms with E-state index in [4.69, 9.17) is 23.2 Å². The van der Waals surface area contributed by atoms with Crippen LogP contribution in [0.4, 0.5) is 0 Å². The van der Waals surface area contributed by atoms with Crippen molar-refractivity contribution in [3.8, 4) is 0 Å². The van der Waals surface area contributed by atoms with E-state index >= 15 is 0 Å². The second kappa shape index (κ2) is 7.95. The van der Waals surface area contributed by atoms with E-state index in [1.807, 2.05) is 0 Å². The summed E-state index contributed by atoms with van der Waals surface area (Å²) < 4.78 is 0. The lowest BCUT2D eigenvalue weighted by Crippen LogP contribution is -2.33. The summed E-state index contributed by atoms with van der Waals surface area (Å²) in [6.45, 7) is 4.02. The number of rotatable bonds is 6. The van der Waals surface area contributed by atoms with E-state index in [1.165, 1.54) is 0 Å². The molecule has 0 aliphatic rings. The first-order valence-corrected chi connectivity index (χ1v) is 9.37. The number of benzene rings is 1. The molecule has 4 nitrogen and oxygen atoms in total. The second-order valence-corrected chi connectivity index (χ2v) is 6.88. The van der Waals surface area contributed by atoms with Crippen molar-refractivity contribution in [1.29, 1.82) is 0 Å². The van der Waals surface area contributed by atoms with Crippen LogP contribution >= 0.6 is 23.2 Å². The first kappa shape index (κ1) is 19.8. The summed E-state index contributed by atoms with van der Waals surface area (Å²) in [5.74, 6) is -0.183. The summed E-state index contributed by atoms with van der Waals surface area (Å²) in [7, 11) is 0. The van der Waals surface area contributed by atoms with Gasteiger partial charge in [0.1, 0.15) is 11.2 Å². The van der Waals surface area contributed by atoms with E-state index in [1.54, 1.807) is 67.3 Å². The molecule has 2 unspecified atom stereocenters. The lowest BCUT2D eigenvalue weighted by Gasteiger charge is -2.32. The fourth-order valence-electron chi connectivity index (χ4n) is 3.06. The topological polar surface area (TPSA) is 66.2 Å². The fraction of sp³-hybridized carbons (Fsp3) is 0.190. The summed E-state index contributed by atoms with van der Waals surface area (Å²) >= 11 is 12.3. The minimum atomic E-state index is -1.51. The molecule has 0 saturated carbocycles. The van der Waals surface area contributed by atoms with Gasteiger partial charge in [0, 0.05) is 35.9 Å². The molecular formula is C21H19Cl2N2O2. The summed E-state index contributed by atoms with van der Waals surface area (Å²) in [5.41, 5.74) is -0.299. The van der Waals surface area contributed by atoms with Crippen molar-refractivity contribution in [2.45, 2.75) is 11.2 Å². The average Bonchev–Trinajstić information content (AvgIpc) is 2.74. The molecule has 1 radical (unpaired) electrons. The number of pyridine rings is 2. The third kappa shape index (κ3) is 3.58. The lowest BCUT2D eigenvalue weighted by molar-refractivity contribution is 0.0984. The lowest BCUT2D eigenvalue weighted by atomic mass is 9.81. The largest absolute Gasteiger partial charge is 0.379 e. The standard InChI is InChI=1S/C21H19Cl2N2O2/c1-15-6-7-16(20(26,13-22)17-4-2-8-24-11-17)10-19(15)21(27,14-23)18-5-3-9-25-12-18/h2-12,26-27H,1,13-14H2. The number of hydrogen-bond acceptors (Lipinski definition) is 4. The summed E-state index contributed by atoms with van der Waals surface area (Å²) in [6.07, 6.45) is 6.37. The highest BCUT2D eigenvalue weighted by Gasteiger charge is 2.36. The maximum Gasteiger partial charge on any atom is 0.130 e. The molecule has 2 heterocycles. The minimum absolute atomic E-state index is 0.0825. The fourth-order valence-corrected chi connectivity index (χ4v) is 3.67. The number of nitrogens with zero attached hydrogens (tertiary/aromatic N) is 2. The number of alkyl halides is 2. The van der Waals surface area contributed by atoms with Crippen molar-refractivity contribution in [1.82, 2.24) is 9.97 Å². The van der Waals surface area contributed by atoms with Gasteiger partial charge in [-0.25, -0.2) is 0 Å². The van der Waals surface area contributed by atoms with Crippen molar-refractivity contribution in [3.63, 3.8) is 0 Å². The summed E-state index contributed by atoms with van der Waals surface area (Å²) in [5, 5.41) is 22.6. The quantitative estimate of drug-likeness (QED) is 0.619. The number of hydrogen-bond donors (Lipinski definition) is 2. The Morgan fingerprint density at radius 1 is 0.815 bits per heavy atom. The van der Waals surface area contributed by atoms with Crippen LogP contribution in [0.2, 0.25) is 0 Å². The maximum atomic E-state index is 11.3. The van der Waals surface area contributed by atoms with Crippen LogP contribution in [0.15, 0.2) is 67.3 Å². The van der Waals surface area contributed by atoms with Crippen LogP contribution < -0.4 is 0 Å². The van der Waals surface area contributed by atoms with Gasteiger partial charge >= 0.3 is 0 Å². The molecule has 0 aliphatic heterocycles. The molecule has 0 spiro atoms. The monoisotopic (exact) mass is 401 g/mol. The molecule has 0 aliphatic carbocycles. The number of aromatic nitrogens is 2. The van der Waals surface area contributed by atoms with Crippen molar-refractivity contribution >= 4 is 23.2 Å². The molecule has 6 heteroatoms. The zero-order chi connectivity index (χ0) is 19.5. The van der Waals surface area contributed by atoms with E-state index in [-0.39, 0.29) is 11.8 Å². The van der Waals surface area contributed by atoms with Crippen LogP contribution in [0.3, 0.4) is 0 Å². The predicted molar refractivity (Wildman–Crippen MR) is 107 cm³/mol. The number of aliphatic hydroxyl groups is 2. The van der Waals surface area contributed by atoms with Crippen LogP contribution in [-0.2, 0) is 11.2 Å². The normalized spacial score (nSPS) is 15.7. The molecule has 1 aromatic carbocycles. The Kier molecular flexibility index (Phi) is 5.82. The molecule has 3 aromatic rings. The highest BCUT2D eigenvalue weighted by atomic mass is 35.5. The zero-order valence-electron chi connectivity index (χ0n) is 14.5. The molecule has 0 amide bonds. The van der Waals surface area contributed by atoms with Gasteiger partial charge in [0.2, 0.25) is 0 Å². The van der Waals surface area contributed by atoms with E-state index < -0.39 is 11.2 Å². The van der Waals surface area contributed by atoms with Gasteiger partial charge < -0.3 is 10.2 Å². The third-order valence-electron chi connectivity index (χ3n) is 4.70. The molecule has 2 atom stereocenters. The van der Waals surface area contributed by atoms with Crippen LogP contribution in [-0.4, -0.2) is 31.9 Å². The van der Waals surface area contributed by atoms with Gasteiger partial charge in [0.25, 0.3) is 0 Å². The molecular weight excluding hydrogens is 383 g/mol. The van der Waals surface area contributed by atoms with Crippen molar-refractivity contribution in [3.05, 3.63) is 102 Å². The van der Waals surface area contributed by atoms with Gasteiger partial charge in [0.15, 0.2) is 0 Å². The van der Waals surface area contributed by atoms with Crippen molar-refractivity contribution in [2.75, 3.05) is 11.8 Å². The van der Waals surface area contributed by atoms with Gasteiger partial charge in [-0.2, -0.15) is 0 Å². The molecule has 139 valence electrons. The van der Waals surface area contributed by atoms with E-state index in [9.17, 15) is 10.2 Å². The second-order valence-electron chi connectivity index (χ2n) is 6.34. The molecule has 0 fully saturated rings. The molecule has 27 heavy (non-hydrogen) atoms. The maximum absolute atomic E-state index is 11.3. The molecule has 3 rings (SSSR count). The molecule has 2 N–H and O–H groups in total. The third-order valence-corrected chi connectivity index (χ3v) is 5.47. The Morgan fingerprint density at radius 2 is 1.37 bits per heavy atom. The SMILES string of the molecule is [CH2]c1ccc(C(O)(CCl)c2cccnc2)cc1C(O)(CCl)c1cccnc1. The molecule has 0 saturated heterocycles. The summed E-state index contributed by atoms with van der Waals surface area (Å²) in [4.78, 5) is 8.14. The van der Waals surface area contributed by atoms with Gasteiger partial charge in [-0.15, -0.1) is 23.2 Å². The Hall–Kier alpha value is -1.98. The number of halogens is 2. The van der Waals surface area contributed by atoms with Crippen molar-refractivity contribution in [2.24, 2.45) is 0 Å². The van der Waals surface area contributed by atoms with E-state index in [2.05, 4.69) is 16.9 Å². The van der Waals surface area contributed by atoms with Crippen LogP contribution in [0.1, 0.15) is 27.8 Å². The average molecular weight is 402 g/mol. The molecule has 0 bridgehead atoms. The molecule has 2 aromatic heterocycles. The highest BCUT2D eigenvalue weighted by Crippen LogP contribution is 2.37. The van der Waals surface area contributed by atoms with Crippen LogP contribution in [0.5, 0.6) is 0 Å². The van der Waals surface area contributed by atoms with E-state index in [0.29, 0.717) is 27.8 Å².